The molecule has 0 N–H and O–H groups in total. The number of hydrogen-bond acceptors (Lipinski definition) is 4. The Morgan fingerprint density at radius 3 is 1.69 bits per heavy atom. The summed E-state index contributed by atoms with van der Waals surface area (Å²) in [6, 6.07) is 0. The van der Waals surface area contributed by atoms with E-state index in [0.717, 1.165) is 12.2 Å². The molecule has 86 valence electrons. The molecule has 0 aromatic rings. The van der Waals surface area contributed by atoms with Crippen molar-refractivity contribution >= 4 is 11.9 Å². The van der Waals surface area contributed by atoms with Crippen LogP contribution in [0, 0.1) is 0 Å². The molecule has 0 saturated carbocycles. The molecule has 0 aliphatic carbocycles. The fourth-order valence-corrected chi connectivity index (χ4v) is 0.896. The lowest BCUT2D eigenvalue weighted by molar-refractivity contribution is -0.203. The first-order chi connectivity index (χ1) is 7.53. The topological polar surface area (TPSA) is 52.6 Å². The number of carbonyl (C=O) groups excluding carboxylic acids is 2. The summed E-state index contributed by atoms with van der Waals surface area (Å²) in [4.78, 5) is 22.2. The third-order valence-corrected chi connectivity index (χ3v) is 1.62. The molecule has 0 bridgehead atoms. The summed E-state index contributed by atoms with van der Waals surface area (Å²) in [5.41, 5.74) is 0. The summed E-state index contributed by atoms with van der Waals surface area (Å²) in [5, 5.41) is 0. The van der Waals surface area contributed by atoms with E-state index in [1.165, 1.54) is 12.2 Å². The standard InChI is InChI=1S/C12H14O4/c1-5-9-12(8-4,15-10(13)6-2)16-11(14)7-3/h5-8H,1-4,9H2. The van der Waals surface area contributed by atoms with E-state index in [-0.39, 0.29) is 6.42 Å². The van der Waals surface area contributed by atoms with Crippen molar-refractivity contribution in [2.45, 2.75) is 12.2 Å². The van der Waals surface area contributed by atoms with Crippen molar-refractivity contribution in [1.82, 2.24) is 0 Å². The summed E-state index contributed by atoms with van der Waals surface area (Å²) in [6.45, 7) is 13.4. The second-order valence-electron chi connectivity index (χ2n) is 2.76. The summed E-state index contributed by atoms with van der Waals surface area (Å²) >= 11 is 0. The van der Waals surface area contributed by atoms with Crippen molar-refractivity contribution in [3.8, 4) is 0 Å². The number of hydrogen-bond donors (Lipinski definition) is 0. The van der Waals surface area contributed by atoms with Gasteiger partial charge in [0.15, 0.2) is 0 Å². The molecule has 0 amide bonds. The van der Waals surface area contributed by atoms with Crippen molar-refractivity contribution < 1.29 is 19.1 Å². The molecule has 0 radical (unpaired) electrons. The molecule has 0 rings (SSSR count). The number of ether oxygens (including phenoxy) is 2. The van der Waals surface area contributed by atoms with Crippen LogP contribution in [0.25, 0.3) is 0 Å². The highest BCUT2D eigenvalue weighted by Gasteiger charge is 2.32. The van der Waals surface area contributed by atoms with Crippen LogP contribution in [0.1, 0.15) is 6.42 Å². The zero-order valence-corrected chi connectivity index (χ0v) is 8.98. The van der Waals surface area contributed by atoms with Gasteiger partial charge in [-0.3, -0.25) is 0 Å². The van der Waals surface area contributed by atoms with Crippen LogP contribution in [0.5, 0.6) is 0 Å². The van der Waals surface area contributed by atoms with Crippen molar-refractivity contribution in [3.05, 3.63) is 50.6 Å². The van der Waals surface area contributed by atoms with Crippen LogP contribution in [-0.2, 0) is 19.1 Å². The van der Waals surface area contributed by atoms with Crippen molar-refractivity contribution in [3.63, 3.8) is 0 Å². The Balaban J connectivity index is 4.96. The van der Waals surface area contributed by atoms with Gasteiger partial charge in [0.25, 0.3) is 5.79 Å². The van der Waals surface area contributed by atoms with E-state index in [1.807, 2.05) is 0 Å². The van der Waals surface area contributed by atoms with Crippen LogP contribution in [0.15, 0.2) is 50.6 Å². The van der Waals surface area contributed by atoms with Crippen LogP contribution in [0.4, 0.5) is 0 Å². The van der Waals surface area contributed by atoms with Crippen LogP contribution in [0.3, 0.4) is 0 Å². The van der Waals surface area contributed by atoms with E-state index < -0.39 is 17.7 Å². The van der Waals surface area contributed by atoms with Gasteiger partial charge in [-0.25, -0.2) is 9.59 Å². The van der Waals surface area contributed by atoms with Gasteiger partial charge >= 0.3 is 11.9 Å². The van der Waals surface area contributed by atoms with E-state index in [1.54, 1.807) is 0 Å². The Labute approximate surface area is 94.5 Å². The van der Waals surface area contributed by atoms with E-state index in [9.17, 15) is 9.59 Å². The van der Waals surface area contributed by atoms with Crippen molar-refractivity contribution in [2.24, 2.45) is 0 Å². The molecule has 0 aliphatic heterocycles. The molecule has 0 atom stereocenters. The molecule has 0 unspecified atom stereocenters. The Hall–Kier alpha value is -2.10. The number of carbonyl (C=O) groups is 2. The van der Waals surface area contributed by atoms with Gasteiger partial charge < -0.3 is 9.47 Å². The molecule has 4 heteroatoms. The van der Waals surface area contributed by atoms with E-state index in [0.29, 0.717) is 0 Å². The lowest BCUT2D eigenvalue weighted by atomic mass is 10.2. The van der Waals surface area contributed by atoms with E-state index in [4.69, 9.17) is 9.47 Å². The molecule has 0 aliphatic rings. The quantitative estimate of drug-likeness (QED) is 0.286. The Bertz CT molecular complexity index is 306. The zero-order chi connectivity index (χ0) is 12.6. The van der Waals surface area contributed by atoms with Gasteiger partial charge in [0.1, 0.15) is 0 Å². The van der Waals surface area contributed by atoms with Gasteiger partial charge in [0.05, 0.1) is 0 Å². The second kappa shape index (κ2) is 6.40. The summed E-state index contributed by atoms with van der Waals surface area (Å²) in [6.07, 6.45) is 4.66. The fourth-order valence-electron chi connectivity index (χ4n) is 0.896. The minimum Gasteiger partial charge on any atom is -0.415 e. The molecular weight excluding hydrogens is 208 g/mol. The Morgan fingerprint density at radius 2 is 1.44 bits per heavy atom. The molecule has 0 aromatic heterocycles. The average molecular weight is 222 g/mol. The SMILES string of the molecule is C=CCC(C=C)(OC(=O)C=C)OC(=O)C=C. The molecule has 16 heavy (non-hydrogen) atoms. The smallest absolute Gasteiger partial charge is 0.333 e. The lowest BCUT2D eigenvalue weighted by Gasteiger charge is -2.27. The van der Waals surface area contributed by atoms with Gasteiger partial charge in [-0.15, -0.1) is 6.58 Å². The fraction of sp³-hybridized carbons (Fsp3) is 0.167. The first-order valence-electron chi connectivity index (χ1n) is 4.49. The summed E-state index contributed by atoms with van der Waals surface area (Å²) in [5.74, 6) is -3.00. The zero-order valence-electron chi connectivity index (χ0n) is 8.98. The third-order valence-electron chi connectivity index (χ3n) is 1.62. The van der Waals surface area contributed by atoms with E-state index >= 15 is 0 Å². The average Bonchev–Trinajstić information content (AvgIpc) is 2.28. The molecule has 0 spiro atoms. The van der Waals surface area contributed by atoms with Crippen molar-refractivity contribution in [2.75, 3.05) is 0 Å². The second-order valence-corrected chi connectivity index (χ2v) is 2.76. The molecular formula is C12H14O4. The Morgan fingerprint density at radius 1 is 1.00 bits per heavy atom. The van der Waals surface area contributed by atoms with E-state index in [2.05, 4.69) is 26.3 Å². The maximum Gasteiger partial charge on any atom is 0.333 e. The maximum atomic E-state index is 11.1. The first kappa shape index (κ1) is 13.9. The largest absolute Gasteiger partial charge is 0.415 e. The highest BCUT2D eigenvalue weighted by Crippen LogP contribution is 2.21. The highest BCUT2D eigenvalue weighted by atomic mass is 16.7. The first-order valence-corrected chi connectivity index (χ1v) is 4.49. The molecule has 0 saturated heterocycles. The van der Waals surface area contributed by atoms with Crippen LogP contribution < -0.4 is 0 Å². The lowest BCUT2D eigenvalue weighted by Crippen LogP contribution is -2.37. The van der Waals surface area contributed by atoms with Crippen molar-refractivity contribution in [1.29, 1.82) is 0 Å². The minimum absolute atomic E-state index is 0.0929. The maximum absolute atomic E-state index is 11.1. The third kappa shape index (κ3) is 3.96. The van der Waals surface area contributed by atoms with Gasteiger partial charge in [-0.2, -0.15) is 0 Å². The van der Waals surface area contributed by atoms with Gasteiger partial charge in [-0.1, -0.05) is 25.8 Å². The molecule has 0 fully saturated rings. The van der Waals surface area contributed by atoms with Crippen LogP contribution in [-0.4, -0.2) is 17.7 Å². The number of esters is 2. The highest BCUT2D eigenvalue weighted by molar-refractivity contribution is 5.83. The molecule has 0 heterocycles. The normalized spacial score (nSPS) is 9.75. The predicted octanol–water partition coefficient (Wildman–Crippen LogP) is 1.90. The van der Waals surface area contributed by atoms with Crippen LogP contribution in [0.2, 0.25) is 0 Å². The summed E-state index contributed by atoms with van der Waals surface area (Å²) < 4.78 is 9.82. The van der Waals surface area contributed by atoms with Gasteiger partial charge in [0.2, 0.25) is 0 Å². The van der Waals surface area contributed by atoms with Gasteiger partial charge in [-0.05, 0) is 6.08 Å². The predicted molar refractivity (Wildman–Crippen MR) is 60.3 cm³/mol. The monoisotopic (exact) mass is 222 g/mol. The van der Waals surface area contributed by atoms with Crippen LogP contribution >= 0.6 is 0 Å². The van der Waals surface area contributed by atoms with Gasteiger partial charge in [0, 0.05) is 18.6 Å². The summed E-state index contributed by atoms with van der Waals surface area (Å²) in [7, 11) is 0. The molecule has 0 aromatic carbocycles. The molecule has 4 nitrogen and oxygen atoms in total. The minimum atomic E-state index is -1.56. The number of rotatable bonds is 7. The Kier molecular flexibility index (Phi) is 5.56.